The van der Waals surface area contributed by atoms with Crippen LogP contribution in [0.25, 0.3) is 0 Å². The Morgan fingerprint density at radius 3 is 1.71 bits per heavy atom. The second-order valence-corrected chi connectivity index (χ2v) is 7.26. The maximum Gasteiger partial charge on any atom is 0.408 e. The van der Waals surface area contributed by atoms with Crippen LogP contribution in [-0.4, -0.2) is 40.5 Å². The zero-order valence-corrected chi connectivity index (χ0v) is 14.3. The normalized spacial score (nSPS) is 16.6. The maximum atomic E-state index is 12.2. The van der Waals surface area contributed by atoms with E-state index in [2.05, 4.69) is 5.32 Å². The van der Waals surface area contributed by atoms with E-state index in [-0.39, 0.29) is 0 Å². The van der Waals surface area contributed by atoms with Crippen molar-refractivity contribution in [1.82, 2.24) is 5.32 Å². The molecule has 0 bridgehead atoms. The highest BCUT2D eigenvalue weighted by molar-refractivity contribution is 5.82. The van der Waals surface area contributed by atoms with Crippen LogP contribution in [0.15, 0.2) is 0 Å². The van der Waals surface area contributed by atoms with Crippen LogP contribution in [0.4, 0.5) is 4.79 Å². The number of rotatable bonds is 4. The van der Waals surface area contributed by atoms with Crippen LogP contribution in [0.2, 0.25) is 0 Å². The molecule has 0 saturated heterocycles. The second-order valence-electron chi connectivity index (χ2n) is 7.26. The second kappa shape index (κ2) is 7.11. The summed E-state index contributed by atoms with van der Waals surface area (Å²) in [6.45, 7) is 13.6. The fourth-order valence-electron chi connectivity index (χ4n) is 1.48. The van der Waals surface area contributed by atoms with E-state index in [1.54, 1.807) is 55.4 Å². The summed E-state index contributed by atoms with van der Waals surface area (Å²) < 4.78 is 10.4. The first-order valence-electron chi connectivity index (χ1n) is 7.13. The van der Waals surface area contributed by atoms with E-state index >= 15 is 0 Å². The number of ether oxygens (including phenoxy) is 2. The Balaban J connectivity index is 5.00. The van der Waals surface area contributed by atoms with Crippen molar-refractivity contribution in [3.63, 3.8) is 0 Å². The van der Waals surface area contributed by atoms with Gasteiger partial charge in [0, 0.05) is 5.92 Å². The fourth-order valence-corrected chi connectivity index (χ4v) is 1.48. The minimum Gasteiger partial charge on any atom is -0.458 e. The summed E-state index contributed by atoms with van der Waals surface area (Å²) in [5.41, 5.74) is -1.35. The van der Waals surface area contributed by atoms with E-state index in [9.17, 15) is 14.7 Å². The summed E-state index contributed by atoms with van der Waals surface area (Å²) in [6, 6.07) is -0.973. The van der Waals surface area contributed by atoms with Crippen LogP contribution in [0.3, 0.4) is 0 Å². The Hall–Kier alpha value is -1.30. The Morgan fingerprint density at radius 1 is 0.952 bits per heavy atom. The molecule has 21 heavy (non-hydrogen) atoms. The molecule has 6 nitrogen and oxygen atoms in total. The van der Waals surface area contributed by atoms with Crippen LogP contribution in [-0.2, 0) is 14.3 Å². The minimum atomic E-state index is -0.973. The summed E-state index contributed by atoms with van der Waals surface area (Å²) in [5, 5.41) is 12.2. The molecule has 0 aromatic heterocycles. The number of carbonyl (C=O) groups is 2. The standard InChI is InChI=1S/C15H29NO5/c1-9(10(2)17)11(12(18)20-14(3,4)5)16-13(19)21-15(6,7)8/h9-11,17H,1-8H3,(H,16,19)/t9-,10+,11?/m0/s1. The Labute approximate surface area is 127 Å². The molecule has 6 heteroatoms. The van der Waals surface area contributed by atoms with Gasteiger partial charge >= 0.3 is 12.1 Å². The van der Waals surface area contributed by atoms with Crippen LogP contribution in [0, 0.1) is 5.92 Å². The summed E-state index contributed by atoms with van der Waals surface area (Å²) in [6.07, 6.45) is -1.50. The number of nitrogens with one attached hydrogen (secondary N) is 1. The van der Waals surface area contributed by atoms with Gasteiger partial charge in [0.1, 0.15) is 17.2 Å². The molecule has 0 aromatic rings. The van der Waals surface area contributed by atoms with Gasteiger partial charge in [-0.3, -0.25) is 0 Å². The lowest BCUT2D eigenvalue weighted by atomic mass is 9.96. The van der Waals surface area contributed by atoms with Gasteiger partial charge in [-0.25, -0.2) is 9.59 Å². The highest BCUT2D eigenvalue weighted by Crippen LogP contribution is 2.16. The number of amides is 1. The zero-order valence-electron chi connectivity index (χ0n) is 14.3. The van der Waals surface area contributed by atoms with E-state index in [0.29, 0.717) is 0 Å². The van der Waals surface area contributed by atoms with Crippen molar-refractivity contribution in [2.45, 2.75) is 78.7 Å². The molecule has 0 aliphatic heterocycles. The zero-order chi connectivity index (χ0) is 17.0. The Kier molecular flexibility index (Phi) is 6.67. The maximum absolute atomic E-state index is 12.2. The number of carbonyl (C=O) groups excluding carboxylic acids is 2. The number of hydrogen-bond acceptors (Lipinski definition) is 5. The van der Waals surface area contributed by atoms with Gasteiger partial charge in [0.2, 0.25) is 0 Å². The smallest absolute Gasteiger partial charge is 0.408 e. The number of aliphatic hydroxyl groups excluding tert-OH is 1. The summed E-state index contributed by atoms with van der Waals surface area (Å²) in [5.74, 6) is -1.10. The molecule has 0 aliphatic carbocycles. The van der Waals surface area contributed by atoms with Crippen molar-refractivity contribution in [2.75, 3.05) is 0 Å². The third-order valence-corrected chi connectivity index (χ3v) is 2.62. The van der Waals surface area contributed by atoms with Crippen molar-refractivity contribution >= 4 is 12.1 Å². The predicted octanol–water partition coefficient (Wildman–Crippen LogP) is 2.24. The number of alkyl carbamates (subject to hydrolysis) is 1. The Morgan fingerprint density at radius 2 is 1.38 bits per heavy atom. The van der Waals surface area contributed by atoms with Crippen LogP contribution >= 0.6 is 0 Å². The SMILES string of the molecule is C[C@H](C(NC(=O)OC(C)(C)C)C(=O)OC(C)(C)C)[C@@H](C)O. The lowest BCUT2D eigenvalue weighted by Gasteiger charge is -2.30. The Bertz CT molecular complexity index is 365. The lowest BCUT2D eigenvalue weighted by molar-refractivity contribution is -0.160. The first-order valence-corrected chi connectivity index (χ1v) is 7.13. The van der Waals surface area contributed by atoms with E-state index in [4.69, 9.17) is 9.47 Å². The molecule has 0 radical (unpaired) electrons. The van der Waals surface area contributed by atoms with E-state index in [1.165, 1.54) is 0 Å². The predicted molar refractivity (Wildman–Crippen MR) is 79.8 cm³/mol. The quantitative estimate of drug-likeness (QED) is 0.778. The lowest BCUT2D eigenvalue weighted by Crippen LogP contribution is -2.51. The third-order valence-electron chi connectivity index (χ3n) is 2.62. The molecule has 1 amide bonds. The van der Waals surface area contributed by atoms with Crippen molar-refractivity contribution in [3.8, 4) is 0 Å². The monoisotopic (exact) mass is 303 g/mol. The molecular formula is C15H29NO5. The highest BCUT2D eigenvalue weighted by Gasteiger charge is 2.34. The third kappa shape index (κ3) is 8.55. The average molecular weight is 303 g/mol. The van der Waals surface area contributed by atoms with Gasteiger partial charge in [-0.15, -0.1) is 0 Å². The molecule has 0 spiro atoms. The fraction of sp³-hybridized carbons (Fsp3) is 0.867. The van der Waals surface area contributed by atoms with Crippen molar-refractivity contribution in [1.29, 1.82) is 0 Å². The molecular weight excluding hydrogens is 274 g/mol. The number of esters is 1. The van der Waals surface area contributed by atoms with Gasteiger partial charge in [-0.1, -0.05) is 6.92 Å². The molecule has 124 valence electrons. The van der Waals surface area contributed by atoms with Gasteiger partial charge in [0.25, 0.3) is 0 Å². The van der Waals surface area contributed by atoms with E-state index in [1.807, 2.05) is 0 Å². The van der Waals surface area contributed by atoms with Crippen LogP contribution in [0.5, 0.6) is 0 Å². The van der Waals surface area contributed by atoms with Gasteiger partial charge in [0.05, 0.1) is 6.10 Å². The van der Waals surface area contributed by atoms with Crippen LogP contribution in [0.1, 0.15) is 55.4 Å². The minimum absolute atomic E-state index is 0.507. The number of aliphatic hydroxyl groups is 1. The van der Waals surface area contributed by atoms with Gasteiger partial charge in [-0.05, 0) is 48.5 Å². The van der Waals surface area contributed by atoms with Gasteiger partial charge in [-0.2, -0.15) is 0 Å². The molecule has 0 fully saturated rings. The molecule has 0 heterocycles. The van der Waals surface area contributed by atoms with Crippen molar-refractivity contribution in [2.24, 2.45) is 5.92 Å². The van der Waals surface area contributed by atoms with Gasteiger partial charge < -0.3 is 19.9 Å². The van der Waals surface area contributed by atoms with E-state index in [0.717, 1.165) is 0 Å². The van der Waals surface area contributed by atoms with Gasteiger partial charge in [0.15, 0.2) is 0 Å². The largest absolute Gasteiger partial charge is 0.458 e. The number of hydrogen-bond donors (Lipinski definition) is 2. The summed E-state index contributed by atoms with van der Waals surface area (Å²) in [4.78, 5) is 24.0. The molecule has 2 N–H and O–H groups in total. The van der Waals surface area contributed by atoms with Crippen molar-refractivity contribution < 1.29 is 24.2 Å². The van der Waals surface area contributed by atoms with Crippen LogP contribution < -0.4 is 5.32 Å². The summed E-state index contributed by atoms with van der Waals surface area (Å²) >= 11 is 0. The van der Waals surface area contributed by atoms with E-state index < -0.39 is 41.3 Å². The summed E-state index contributed by atoms with van der Waals surface area (Å²) in [7, 11) is 0. The molecule has 3 atom stereocenters. The molecule has 0 saturated carbocycles. The first-order chi connectivity index (χ1) is 9.23. The molecule has 0 aliphatic rings. The molecule has 0 rings (SSSR count). The average Bonchev–Trinajstić information content (AvgIpc) is 2.19. The highest BCUT2D eigenvalue weighted by atomic mass is 16.6. The van der Waals surface area contributed by atoms with Crippen molar-refractivity contribution in [3.05, 3.63) is 0 Å². The molecule has 1 unspecified atom stereocenters. The first kappa shape index (κ1) is 19.7. The molecule has 0 aromatic carbocycles. The topological polar surface area (TPSA) is 84.9 Å².